The van der Waals surface area contributed by atoms with Crippen molar-refractivity contribution in [3.63, 3.8) is 0 Å². The molecule has 2 rings (SSSR count). The number of pyridine rings is 1. The zero-order valence-corrected chi connectivity index (χ0v) is 10.3. The molecule has 1 N–H and O–H groups in total. The van der Waals surface area contributed by atoms with Gasteiger partial charge in [-0.3, -0.25) is 4.98 Å². The van der Waals surface area contributed by atoms with Crippen molar-refractivity contribution < 1.29 is 0 Å². The molecule has 0 aliphatic carbocycles. The van der Waals surface area contributed by atoms with Crippen molar-refractivity contribution in [1.29, 1.82) is 0 Å². The molecule has 2 heterocycles. The standard InChI is InChI=1S/C12H15N3S/c1-9(2)14-7-10-8-15-12(16-10)11-5-3-4-6-13-11/h3-6,8-9,14H,7H2,1-2H3. The highest BCUT2D eigenvalue weighted by atomic mass is 32.1. The molecule has 0 amide bonds. The van der Waals surface area contributed by atoms with Crippen LogP contribution in [0.5, 0.6) is 0 Å². The van der Waals surface area contributed by atoms with E-state index in [-0.39, 0.29) is 0 Å². The van der Waals surface area contributed by atoms with Crippen molar-refractivity contribution in [2.24, 2.45) is 0 Å². The van der Waals surface area contributed by atoms with E-state index in [0.717, 1.165) is 17.2 Å². The quantitative estimate of drug-likeness (QED) is 0.882. The van der Waals surface area contributed by atoms with Crippen LogP contribution in [0.25, 0.3) is 10.7 Å². The third-order valence-electron chi connectivity index (χ3n) is 2.12. The fourth-order valence-electron chi connectivity index (χ4n) is 1.30. The van der Waals surface area contributed by atoms with E-state index in [1.807, 2.05) is 24.4 Å². The molecule has 0 bridgehead atoms. The molecule has 3 nitrogen and oxygen atoms in total. The lowest BCUT2D eigenvalue weighted by Crippen LogP contribution is -2.21. The minimum Gasteiger partial charge on any atom is -0.310 e. The predicted molar refractivity (Wildman–Crippen MR) is 67.3 cm³/mol. The normalized spacial score (nSPS) is 10.9. The Kier molecular flexibility index (Phi) is 3.64. The molecule has 84 valence electrons. The summed E-state index contributed by atoms with van der Waals surface area (Å²) < 4.78 is 0. The van der Waals surface area contributed by atoms with Gasteiger partial charge in [-0.15, -0.1) is 11.3 Å². The van der Waals surface area contributed by atoms with Gasteiger partial charge in [0, 0.05) is 29.9 Å². The van der Waals surface area contributed by atoms with Gasteiger partial charge in [0.1, 0.15) is 5.01 Å². The Morgan fingerprint density at radius 2 is 2.19 bits per heavy atom. The zero-order valence-electron chi connectivity index (χ0n) is 9.47. The lowest BCUT2D eigenvalue weighted by atomic mass is 10.4. The second kappa shape index (κ2) is 5.18. The third kappa shape index (κ3) is 2.87. The van der Waals surface area contributed by atoms with Crippen molar-refractivity contribution in [2.45, 2.75) is 26.4 Å². The van der Waals surface area contributed by atoms with E-state index in [2.05, 4.69) is 29.1 Å². The first-order valence-corrected chi connectivity index (χ1v) is 6.17. The molecule has 0 spiro atoms. The highest BCUT2D eigenvalue weighted by Crippen LogP contribution is 2.22. The maximum atomic E-state index is 4.38. The number of rotatable bonds is 4. The second-order valence-electron chi connectivity index (χ2n) is 3.88. The van der Waals surface area contributed by atoms with Crippen LogP contribution in [-0.4, -0.2) is 16.0 Å². The van der Waals surface area contributed by atoms with E-state index in [1.54, 1.807) is 17.5 Å². The molecule has 0 radical (unpaired) electrons. The molecule has 2 aromatic heterocycles. The van der Waals surface area contributed by atoms with Crippen LogP contribution in [0.2, 0.25) is 0 Å². The molecule has 2 aromatic rings. The summed E-state index contributed by atoms with van der Waals surface area (Å²) in [5.74, 6) is 0. The summed E-state index contributed by atoms with van der Waals surface area (Å²) in [5, 5.41) is 4.36. The van der Waals surface area contributed by atoms with E-state index in [9.17, 15) is 0 Å². The van der Waals surface area contributed by atoms with E-state index < -0.39 is 0 Å². The minimum atomic E-state index is 0.500. The van der Waals surface area contributed by atoms with Crippen molar-refractivity contribution in [1.82, 2.24) is 15.3 Å². The maximum Gasteiger partial charge on any atom is 0.142 e. The smallest absolute Gasteiger partial charge is 0.142 e. The largest absolute Gasteiger partial charge is 0.310 e. The summed E-state index contributed by atoms with van der Waals surface area (Å²) in [7, 11) is 0. The van der Waals surface area contributed by atoms with Crippen LogP contribution in [0.4, 0.5) is 0 Å². The van der Waals surface area contributed by atoms with Gasteiger partial charge in [0.2, 0.25) is 0 Å². The highest BCUT2D eigenvalue weighted by molar-refractivity contribution is 7.14. The summed E-state index contributed by atoms with van der Waals surface area (Å²) in [6, 6.07) is 6.38. The number of aromatic nitrogens is 2. The molecule has 0 atom stereocenters. The highest BCUT2D eigenvalue weighted by Gasteiger charge is 2.05. The Hall–Kier alpha value is -1.26. The summed E-state index contributed by atoms with van der Waals surface area (Å²) in [6.45, 7) is 5.16. The Morgan fingerprint density at radius 3 is 2.88 bits per heavy atom. The number of hydrogen-bond donors (Lipinski definition) is 1. The van der Waals surface area contributed by atoms with Gasteiger partial charge in [-0.25, -0.2) is 4.98 Å². The van der Waals surface area contributed by atoms with Crippen molar-refractivity contribution >= 4 is 11.3 Å². The van der Waals surface area contributed by atoms with Gasteiger partial charge in [-0.05, 0) is 12.1 Å². The van der Waals surface area contributed by atoms with Crippen LogP contribution in [0, 0.1) is 0 Å². The number of hydrogen-bond acceptors (Lipinski definition) is 4. The van der Waals surface area contributed by atoms with Gasteiger partial charge in [-0.1, -0.05) is 19.9 Å². The first-order valence-electron chi connectivity index (χ1n) is 5.35. The summed E-state index contributed by atoms with van der Waals surface area (Å²) >= 11 is 1.69. The minimum absolute atomic E-state index is 0.500. The Bertz CT molecular complexity index is 437. The summed E-state index contributed by atoms with van der Waals surface area (Å²) in [5.41, 5.74) is 0.947. The monoisotopic (exact) mass is 233 g/mol. The molecule has 0 unspecified atom stereocenters. The van der Waals surface area contributed by atoms with Crippen molar-refractivity contribution in [3.8, 4) is 10.7 Å². The second-order valence-corrected chi connectivity index (χ2v) is 5.00. The van der Waals surface area contributed by atoms with Crippen LogP contribution < -0.4 is 5.32 Å². The Balaban J connectivity index is 2.08. The molecule has 4 heteroatoms. The first-order chi connectivity index (χ1) is 7.75. The molecule has 16 heavy (non-hydrogen) atoms. The number of nitrogens with one attached hydrogen (secondary N) is 1. The van der Waals surface area contributed by atoms with Gasteiger partial charge in [-0.2, -0.15) is 0 Å². The topological polar surface area (TPSA) is 37.8 Å². The lowest BCUT2D eigenvalue weighted by Gasteiger charge is -2.04. The molecular formula is C12H15N3S. The summed E-state index contributed by atoms with van der Waals surface area (Å²) in [6.07, 6.45) is 3.72. The first kappa shape index (κ1) is 11.2. The zero-order chi connectivity index (χ0) is 11.4. The molecule has 0 fully saturated rings. The molecular weight excluding hydrogens is 218 g/mol. The van der Waals surface area contributed by atoms with Gasteiger partial charge < -0.3 is 5.32 Å². The van der Waals surface area contributed by atoms with Crippen molar-refractivity contribution in [3.05, 3.63) is 35.5 Å². The molecule has 0 aromatic carbocycles. The van der Waals surface area contributed by atoms with E-state index in [1.165, 1.54) is 4.88 Å². The lowest BCUT2D eigenvalue weighted by molar-refractivity contribution is 0.593. The van der Waals surface area contributed by atoms with Gasteiger partial charge in [0.25, 0.3) is 0 Å². The summed E-state index contributed by atoms with van der Waals surface area (Å²) in [4.78, 5) is 9.91. The van der Waals surface area contributed by atoms with Crippen LogP contribution in [0.3, 0.4) is 0 Å². The molecule has 0 aliphatic rings. The SMILES string of the molecule is CC(C)NCc1cnc(-c2ccccn2)s1. The van der Waals surface area contributed by atoms with E-state index in [0.29, 0.717) is 6.04 Å². The predicted octanol–water partition coefficient (Wildman–Crippen LogP) is 2.70. The van der Waals surface area contributed by atoms with E-state index in [4.69, 9.17) is 0 Å². The van der Waals surface area contributed by atoms with Gasteiger partial charge in [0.15, 0.2) is 0 Å². The average molecular weight is 233 g/mol. The van der Waals surface area contributed by atoms with Crippen LogP contribution in [0.15, 0.2) is 30.6 Å². The van der Waals surface area contributed by atoms with E-state index >= 15 is 0 Å². The van der Waals surface area contributed by atoms with Crippen LogP contribution in [-0.2, 0) is 6.54 Å². The van der Waals surface area contributed by atoms with Crippen LogP contribution >= 0.6 is 11.3 Å². The molecule has 0 saturated carbocycles. The van der Waals surface area contributed by atoms with Crippen LogP contribution in [0.1, 0.15) is 18.7 Å². The van der Waals surface area contributed by atoms with Gasteiger partial charge >= 0.3 is 0 Å². The Labute approximate surface area is 99.6 Å². The maximum absolute atomic E-state index is 4.38. The number of thiazole rings is 1. The average Bonchev–Trinajstić information content (AvgIpc) is 2.76. The fourth-order valence-corrected chi connectivity index (χ4v) is 2.14. The van der Waals surface area contributed by atoms with Crippen molar-refractivity contribution in [2.75, 3.05) is 0 Å². The molecule has 0 saturated heterocycles. The third-order valence-corrected chi connectivity index (χ3v) is 3.14. The molecule has 0 aliphatic heterocycles. The number of nitrogens with zero attached hydrogens (tertiary/aromatic N) is 2. The fraction of sp³-hybridized carbons (Fsp3) is 0.333. The Morgan fingerprint density at radius 1 is 1.31 bits per heavy atom. The van der Waals surface area contributed by atoms with Gasteiger partial charge in [0.05, 0.1) is 5.69 Å².